The predicted octanol–water partition coefficient (Wildman–Crippen LogP) is 3.72. The second-order valence-corrected chi connectivity index (χ2v) is 4.47. The van der Waals surface area contributed by atoms with Gasteiger partial charge < -0.3 is 0 Å². The summed E-state index contributed by atoms with van der Waals surface area (Å²) >= 11 is 0. The largest absolute Gasteiger partial charge is 0.416 e. The van der Waals surface area contributed by atoms with Crippen LogP contribution in [0.2, 0.25) is 0 Å². The zero-order chi connectivity index (χ0) is 14.3. The van der Waals surface area contributed by atoms with Crippen molar-refractivity contribution in [2.24, 2.45) is 0 Å². The van der Waals surface area contributed by atoms with Gasteiger partial charge in [-0.3, -0.25) is 0 Å². The van der Waals surface area contributed by atoms with Crippen molar-refractivity contribution in [3.8, 4) is 11.3 Å². The van der Waals surface area contributed by atoms with Crippen LogP contribution in [0, 0.1) is 6.92 Å². The molecule has 102 valence electrons. The van der Waals surface area contributed by atoms with E-state index in [0.717, 1.165) is 17.8 Å². The molecule has 3 aromatic rings. The summed E-state index contributed by atoms with van der Waals surface area (Å²) in [7, 11) is 0. The Morgan fingerprint density at radius 3 is 2.65 bits per heavy atom. The molecule has 0 fully saturated rings. The third-order valence-electron chi connectivity index (χ3n) is 2.98. The van der Waals surface area contributed by atoms with Crippen molar-refractivity contribution in [1.29, 1.82) is 0 Å². The van der Waals surface area contributed by atoms with Crippen LogP contribution < -0.4 is 0 Å². The van der Waals surface area contributed by atoms with Gasteiger partial charge in [0.2, 0.25) is 0 Å². The normalized spacial score (nSPS) is 12.0. The van der Waals surface area contributed by atoms with Gasteiger partial charge in [-0.05, 0) is 31.2 Å². The van der Waals surface area contributed by atoms with Crippen LogP contribution >= 0.6 is 0 Å². The average molecular weight is 277 g/mol. The van der Waals surface area contributed by atoms with Crippen molar-refractivity contribution in [2.45, 2.75) is 13.1 Å². The number of benzene rings is 1. The number of aromatic nitrogens is 3. The van der Waals surface area contributed by atoms with Gasteiger partial charge in [0.25, 0.3) is 0 Å². The first-order valence-corrected chi connectivity index (χ1v) is 5.94. The summed E-state index contributed by atoms with van der Waals surface area (Å²) in [4.78, 5) is 4.15. The van der Waals surface area contributed by atoms with Crippen LogP contribution in [0.5, 0.6) is 0 Å². The van der Waals surface area contributed by atoms with Gasteiger partial charge in [0.15, 0.2) is 5.65 Å². The molecule has 0 unspecified atom stereocenters. The minimum atomic E-state index is -4.36. The van der Waals surface area contributed by atoms with Gasteiger partial charge in [-0.2, -0.15) is 18.3 Å². The van der Waals surface area contributed by atoms with E-state index >= 15 is 0 Å². The molecular formula is C14H10F3N3. The molecule has 3 nitrogen and oxygen atoms in total. The first-order chi connectivity index (χ1) is 9.45. The van der Waals surface area contributed by atoms with Crippen LogP contribution in [-0.4, -0.2) is 14.6 Å². The number of hydrogen-bond acceptors (Lipinski definition) is 2. The third-order valence-corrected chi connectivity index (χ3v) is 2.98. The van der Waals surface area contributed by atoms with Crippen molar-refractivity contribution in [1.82, 2.24) is 14.6 Å². The lowest BCUT2D eigenvalue weighted by Crippen LogP contribution is -2.05. The van der Waals surface area contributed by atoms with Crippen LogP contribution in [0.25, 0.3) is 16.9 Å². The Balaban J connectivity index is 2.18. The minimum absolute atomic E-state index is 0.436. The highest BCUT2D eigenvalue weighted by Gasteiger charge is 2.30. The number of alkyl halides is 3. The molecule has 0 spiro atoms. The molecule has 0 N–H and O–H groups in total. The summed E-state index contributed by atoms with van der Waals surface area (Å²) in [5.74, 6) is 0. The van der Waals surface area contributed by atoms with Gasteiger partial charge in [-0.1, -0.05) is 12.1 Å². The number of fused-ring (bicyclic) bond motifs is 1. The summed E-state index contributed by atoms with van der Waals surface area (Å²) < 4.78 is 39.8. The Kier molecular flexibility index (Phi) is 2.74. The summed E-state index contributed by atoms with van der Waals surface area (Å²) in [5, 5.41) is 4.28. The van der Waals surface area contributed by atoms with Crippen molar-refractivity contribution in [3.05, 3.63) is 53.9 Å². The maximum atomic E-state index is 12.7. The second kappa shape index (κ2) is 4.33. The third kappa shape index (κ3) is 2.13. The zero-order valence-electron chi connectivity index (χ0n) is 10.5. The van der Waals surface area contributed by atoms with Gasteiger partial charge in [0.1, 0.15) is 0 Å². The van der Waals surface area contributed by atoms with Crippen molar-refractivity contribution >= 4 is 5.65 Å². The van der Waals surface area contributed by atoms with E-state index in [9.17, 15) is 13.2 Å². The SMILES string of the molecule is Cc1ccc2ncc(-c3cccc(C(F)(F)F)c3)n2n1. The average Bonchev–Trinajstić information content (AvgIpc) is 2.81. The van der Waals surface area contributed by atoms with E-state index in [1.165, 1.54) is 12.3 Å². The molecular weight excluding hydrogens is 267 g/mol. The zero-order valence-corrected chi connectivity index (χ0v) is 10.5. The first kappa shape index (κ1) is 12.7. The fourth-order valence-corrected chi connectivity index (χ4v) is 2.02. The lowest BCUT2D eigenvalue weighted by Gasteiger charge is -2.08. The summed E-state index contributed by atoms with van der Waals surface area (Å²) in [6, 6.07) is 8.73. The Morgan fingerprint density at radius 2 is 1.90 bits per heavy atom. The Labute approximate surface area is 112 Å². The monoisotopic (exact) mass is 277 g/mol. The minimum Gasteiger partial charge on any atom is -0.235 e. The van der Waals surface area contributed by atoms with E-state index in [4.69, 9.17) is 0 Å². The maximum Gasteiger partial charge on any atom is 0.416 e. The summed E-state index contributed by atoms with van der Waals surface area (Å²) in [6.07, 6.45) is -2.84. The molecule has 2 heterocycles. The maximum absolute atomic E-state index is 12.7. The molecule has 0 saturated carbocycles. The number of hydrogen-bond donors (Lipinski definition) is 0. The fourth-order valence-electron chi connectivity index (χ4n) is 2.02. The molecule has 0 amide bonds. The van der Waals surface area contributed by atoms with E-state index in [1.807, 2.05) is 6.92 Å². The molecule has 2 aromatic heterocycles. The standard InChI is InChI=1S/C14H10F3N3/c1-9-5-6-13-18-8-12(20(13)19-9)10-3-2-4-11(7-10)14(15,16)17/h2-8H,1H3. The molecule has 20 heavy (non-hydrogen) atoms. The van der Waals surface area contributed by atoms with E-state index in [-0.39, 0.29) is 0 Å². The number of nitrogens with zero attached hydrogens (tertiary/aromatic N) is 3. The lowest BCUT2D eigenvalue weighted by molar-refractivity contribution is -0.137. The van der Waals surface area contributed by atoms with Crippen molar-refractivity contribution in [3.63, 3.8) is 0 Å². The quantitative estimate of drug-likeness (QED) is 0.678. The Morgan fingerprint density at radius 1 is 1.10 bits per heavy atom. The second-order valence-electron chi connectivity index (χ2n) is 4.47. The highest BCUT2D eigenvalue weighted by Crippen LogP contribution is 2.32. The molecule has 0 radical (unpaired) electrons. The van der Waals surface area contributed by atoms with Crippen LogP contribution in [0.4, 0.5) is 13.2 Å². The number of imidazole rings is 1. The predicted molar refractivity (Wildman–Crippen MR) is 68.2 cm³/mol. The Bertz CT molecular complexity index is 775. The molecule has 0 atom stereocenters. The van der Waals surface area contributed by atoms with Crippen molar-refractivity contribution < 1.29 is 13.2 Å². The van der Waals surface area contributed by atoms with Crippen LogP contribution in [0.3, 0.4) is 0 Å². The lowest BCUT2D eigenvalue weighted by atomic mass is 10.1. The van der Waals surface area contributed by atoms with E-state index < -0.39 is 11.7 Å². The molecule has 0 aliphatic heterocycles. The van der Waals surface area contributed by atoms with Gasteiger partial charge in [-0.15, -0.1) is 0 Å². The summed E-state index contributed by atoms with van der Waals surface area (Å²) in [6.45, 7) is 1.81. The summed E-state index contributed by atoms with van der Waals surface area (Å²) in [5.41, 5.74) is 1.66. The fraction of sp³-hybridized carbons (Fsp3) is 0.143. The molecule has 0 aliphatic rings. The van der Waals surface area contributed by atoms with Crippen LogP contribution in [0.15, 0.2) is 42.6 Å². The topological polar surface area (TPSA) is 30.2 Å². The Hall–Kier alpha value is -2.37. The highest BCUT2D eigenvalue weighted by atomic mass is 19.4. The molecule has 0 saturated heterocycles. The van der Waals surface area contributed by atoms with Crippen molar-refractivity contribution in [2.75, 3.05) is 0 Å². The molecule has 3 rings (SSSR count). The van der Waals surface area contributed by atoms with Gasteiger partial charge in [-0.25, -0.2) is 9.50 Å². The molecule has 1 aromatic carbocycles. The van der Waals surface area contributed by atoms with Gasteiger partial charge >= 0.3 is 6.18 Å². The van der Waals surface area contributed by atoms with Gasteiger partial charge in [0.05, 0.1) is 23.1 Å². The van der Waals surface area contributed by atoms with Crippen LogP contribution in [-0.2, 0) is 6.18 Å². The number of halogens is 3. The first-order valence-electron chi connectivity index (χ1n) is 5.94. The van der Waals surface area contributed by atoms with E-state index in [1.54, 1.807) is 22.7 Å². The van der Waals surface area contributed by atoms with E-state index in [2.05, 4.69) is 10.1 Å². The highest BCUT2D eigenvalue weighted by molar-refractivity contribution is 5.63. The molecule has 0 aliphatic carbocycles. The molecule has 6 heteroatoms. The number of rotatable bonds is 1. The number of aryl methyl sites for hydroxylation is 1. The van der Waals surface area contributed by atoms with Gasteiger partial charge in [0, 0.05) is 5.56 Å². The van der Waals surface area contributed by atoms with Crippen LogP contribution in [0.1, 0.15) is 11.3 Å². The smallest absolute Gasteiger partial charge is 0.235 e. The van der Waals surface area contributed by atoms with E-state index in [0.29, 0.717) is 16.9 Å². The molecule has 0 bridgehead atoms.